The zero-order chi connectivity index (χ0) is 13.9. The summed E-state index contributed by atoms with van der Waals surface area (Å²) >= 11 is 0. The van der Waals surface area contributed by atoms with Crippen LogP contribution in [0.3, 0.4) is 0 Å². The number of rotatable bonds is 3. The lowest BCUT2D eigenvalue weighted by Crippen LogP contribution is -2.25. The molecule has 1 saturated heterocycles. The maximum Gasteiger partial charge on any atom is 0.414 e. The van der Waals surface area contributed by atoms with E-state index < -0.39 is 12.2 Å². The lowest BCUT2D eigenvalue weighted by Gasteiger charge is -2.13. The van der Waals surface area contributed by atoms with Gasteiger partial charge in [0.25, 0.3) is 0 Å². The molecule has 1 amide bonds. The van der Waals surface area contributed by atoms with Crippen molar-refractivity contribution in [3.05, 3.63) is 54.6 Å². The first kappa shape index (κ1) is 12.7. The van der Waals surface area contributed by atoms with Crippen molar-refractivity contribution in [1.29, 1.82) is 0 Å². The van der Waals surface area contributed by atoms with Crippen molar-refractivity contribution in [3.8, 4) is 11.1 Å². The molecule has 1 aliphatic heterocycles. The molecule has 0 saturated carbocycles. The lowest BCUT2D eigenvalue weighted by atomic mass is 10.1. The fourth-order valence-corrected chi connectivity index (χ4v) is 2.29. The van der Waals surface area contributed by atoms with E-state index >= 15 is 0 Å². The maximum absolute atomic E-state index is 11.7. The number of hydrogen-bond acceptors (Lipinski definition) is 3. The van der Waals surface area contributed by atoms with Crippen LogP contribution < -0.4 is 4.90 Å². The Morgan fingerprint density at radius 3 is 2.30 bits per heavy atom. The second-order valence-electron chi connectivity index (χ2n) is 4.71. The van der Waals surface area contributed by atoms with Crippen molar-refractivity contribution in [2.45, 2.75) is 6.10 Å². The highest BCUT2D eigenvalue weighted by atomic mass is 16.6. The topological polar surface area (TPSA) is 49.8 Å². The molecule has 1 N–H and O–H groups in total. The Labute approximate surface area is 117 Å². The molecule has 0 aromatic heterocycles. The van der Waals surface area contributed by atoms with Gasteiger partial charge in [-0.15, -0.1) is 0 Å². The Morgan fingerprint density at radius 2 is 1.70 bits per heavy atom. The lowest BCUT2D eigenvalue weighted by molar-refractivity contribution is 0.0963. The average molecular weight is 269 g/mol. The molecular formula is C16H15NO3. The first-order chi connectivity index (χ1) is 9.78. The number of aliphatic hydroxyl groups is 1. The Bertz CT molecular complexity index is 595. The van der Waals surface area contributed by atoms with Crippen LogP contribution in [0.5, 0.6) is 0 Å². The first-order valence-corrected chi connectivity index (χ1v) is 6.52. The number of benzene rings is 2. The Hall–Kier alpha value is -2.33. The van der Waals surface area contributed by atoms with E-state index in [0.29, 0.717) is 6.54 Å². The molecule has 102 valence electrons. The minimum Gasteiger partial charge on any atom is -0.441 e. The van der Waals surface area contributed by atoms with Gasteiger partial charge in [-0.05, 0) is 23.3 Å². The van der Waals surface area contributed by atoms with Gasteiger partial charge in [0, 0.05) is 5.69 Å². The molecule has 20 heavy (non-hydrogen) atoms. The van der Waals surface area contributed by atoms with Gasteiger partial charge >= 0.3 is 6.09 Å². The second kappa shape index (κ2) is 5.35. The Kier molecular flexibility index (Phi) is 3.39. The summed E-state index contributed by atoms with van der Waals surface area (Å²) in [5.74, 6) is 0. The van der Waals surface area contributed by atoms with E-state index in [4.69, 9.17) is 9.84 Å². The smallest absolute Gasteiger partial charge is 0.414 e. The molecule has 0 aliphatic carbocycles. The van der Waals surface area contributed by atoms with Crippen LogP contribution in [0.25, 0.3) is 11.1 Å². The zero-order valence-electron chi connectivity index (χ0n) is 10.9. The van der Waals surface area contributed by atoms with Gasteiger partial charge < -0.3 is 9.84 Å². The van der Waals surface area contributed by atoms with Gasteiger partial charge in [-0.2, -0.15) is 0 Å². The molecule has 0 spiro atoms. The van der Waals surface area contributed by atoms with E-state index in [1.165, 1.54) is 4.90 Å². The normalized spacial score (nSPS) is 18.1. The van der Waals surface area contributed by atoms with Crippen LogP contribution in [0, 0.1) is 0 Å². The molecule has 0 unspecified atom stereocenters. The van der Waals surface area contributed by atoms with Gasteiger partial charge in [-0.3, -0.25) is 4.90 Å². The van der Waals surface area contributed by atoms with E-state index in [9.17, 15) is 4.79 Å². The van der Waals surface area contributed by atoms with Gasteiger partial charge in [0.2, 0.25) is 0 Å². The summed E-state index contributed by atoms with van der Waals surface area (Å²) in [7, 11) is 0. The monoisotopic (exact) mass is 269 g/mol. The van der Waals surface area contributed by atoms with Crippen LogP contribution >= 0.6 is 0 Å². The van der Waals surface area contributed by atoms with Crippen molar-refractivity contribution in [2.24, 2.45) is 0 Å². The quantitative estimate of drug-likeness (QED) is 0.932. The number of carbonyl (C=O) groups excluding carboxylic acids is 1. The summed E-state index contributed by atoms with van der Waals surface area (Å²) in [6.07, 6.45) is -0.840. The largest absolute Gasteiger partial charge is 0.441 e. The van der Waals surface area contributed by atoms with Crippen LogP contribution in [0.1, 0.15) is 0 Å². The maximum atomic E-state index is 11.7. The first-order valence-electron chi connectivity index (χ1n) is 6.52. The van der Waals surface area contributed by atoms with E-state index in [0.717, 1.165) is 16.8 Å². The van der Waals surface area contributed by atoms with Gasteiger partial charge in [0.05, 0.1) is 13.2 Å². The average Bonchev–Trinajstić information content (AvgIpc) is 2.89. The molecule has 4 nitrogen and oxygen atoms in total. The summed E-state index contributed by atoms with van der Waals surface area (Å²) in [5.41, 5.74) is 3.02. The van der Waals surface area contributed by atoms with Gasteiger partial charge in [0.1, 0.15) is 6.10 Å². The van der Waals surface area contributed by atoms with Crippen molar-refractivity contribution in [3.63, 3.8) is 0 Å². The fraction of sp³-hybridized carbons (Fsp3) is 0.188. The number of aliphatic hydroxyl groups excluding tert-OH is 1. The Balaban J connectivity index is 1.82. The molecule has 1 atom stereocenters. The summed E-state index contributed by atoms with van der Waals surface area (Å²) in [5, 5.41) is 9.04. The number of anilines is 1. The highest BCUT2D eigenvalue weighted by molar-refractivity contribution is 5.90. The number of carbonyl (C=O) groups is 1. The van der Waals surface area contributed by atoms with E-state index in [1.54, 1.807) is 0 Å². The summed E-state index contributed by atoms with van der Waals surface area (Å²) in [6.45, 7) is 0.240. The minimum atomic E-state index is -0.434. The van der Waals surface area contributed by atoms with Crippen molar-refractivity contribution in [1.82, 2.24) is 0 Å². The van der Waals surface area contributed by atoms with Gasteiger partial charge in [-0.1, -0.05) is 42.5 Å². The second-order valence-corrected chi connectivity index (χ2v) is 4.71. The molecule has 1 aliphatic rings. The van der Waals surface area contributed by atoms with Gasteiger partial charge in [0.15, 0.2) is 0 Å². The van der Waals surface area contributed by atoms with E-state index in [-0.39, 0.29) is 6.61 Å². The number of amides is 1. The van der Waals surface area contributed by atoms with Crippen LogP contribution in [0.2, 0.25) is 0 Å². The standard InChI is InChI=1S/C16H15NO3/c18-11-15-10-17(16(19)20-15)14-8-6-13(7-9-14)12-4-2-1-3-5-12/h1-9,15,18H,10-11H2/t15-/m0/s1. The molecule has 1 fully saturated rings. The molecule has 0 radical (unpaired) electrons. The fourth-order valence-electron chi connectivity index (χ4n) is 2.29. The van der Waals surface area contributed by atoms with Crippen LogP contribution in [-0.4, -0.2) is 30.5 Å². The predicted octanol–water partition coefficient (Wildman–Crippen LogP) is 2.67. The third kappa shape index (κ3) is 2.38. The number of ether oxygens (including phenoxy) is 1. The summed E-state index contributed by atoms with van der Waals surface area (Å²) in [4.78, 5) is 13.2. The number of hydrogen-bond donors (Lipinski definition) is 1. The van der Waals surface area contributed by atoms with Crippen LogP contribution in [0.4, 0.5) is 10.5 Å². The molecule has 1 heterocycles. The zero-order valence-corrected chi connectivity index (χ0v) is 10.9. The Morgan fingerprint density at radius 1 is 1.05 bits per heavy atom. The summed E-state index contributed by atoms with van der Waals surface area (Å²) in [6, 6.07) is 17.8. The minimum absolute atomic E-state index is 0.148. The van der Waals surface area contributed by atoms with Gasteiger partial charge in [-0.25, -0.2) is 4.79 Å². The van der Waals surface area contributed by atoms with Crippen molar-refractivity contribution >= 4 is 11.8 Å². The number of cyclic esters (lactones) is 1. The molecule has 2 aromatic carbocycles. The third-order valence-electron chi connectivity index (χ3n) is 3.36. The predicted molar refractivity (Wildman–Crippen MR) is 76.6 cm³/mol. The third-order valence-corrected chi connectivity index (χ3v) is 3.36. The molecule has 3 rings (SSSR count). The highest BCUT2D eigenvalue weighted by Gasteiger charge is 2.31. The van der Waals surface area contributed by atoms with Crippen LogP contribution in [0.15, 0.2) is 54.6 Å². The highest BCUT2D eigenvalue weighted by Crippen LogP contribution is 2.25. The van der Waals surface area contributed by atoms with Crippen LogP contribution in [-0.2, 0) is 4.74 Å². The molecule has 2 aromatic rings. The van der Waals surface area contributed by atoms with Crippen molar-refractivity contribution in [2.75, 3.05) is 18.1 Å². The van der Waals surface area contributed by atoms with E-state index in [2.05, 4.69) is 0 Å². The number of nitrogens with zero attached hydrogens (tertiary/aromatic N) is 1. The van der Waals surface area contributed by atoms with E-state index in [1.807, 2.05) is 54.6 Å². The molecular weight excluding hydrogens is 254 g/mol. The molecule has 0 bridgehead atoms. The van der Waals surface area contributed by atoms with Crippen molar-refractivity contribution < 1.29 is 14.6 Å². The SMILES string of the molecule is O=C1O[C@H](CO)CN1c1ccc(-c2ccccc2)cc1. The summed E-state index contributed by atoms with van der Waals surface area (Å²) < 4.78 is 5.03. The molecule has 4 heteroatoms.